The van der Waals surface area contributed by atoms with E-state index in [-0.39, 0.29) is 11.8 Å². The lowest BCUT2D eigenvalue weighted by Crippen LogP contribution is -2.45. The minimum Gasteiger partial charge on any atom is -0.340 e. The van der Waals surface area contributed by atoms with Crippen molar-refractivity contribution in [2.24, 2.45) is 0 Å². The van der Waals surface area contributed by atoms with Gasteiger partial charge in [0.05, 0.1) is 0 Å². The number of hydrogen-bond acceptors (Lipinski definition) is 2. The molecule has 3 rings (SSSR count). The number of carbonyl (C=O) groups is 2. The molecule has 1 unspecified atom stereocenters. The lowest BCUT2D eigenvalue weighted by molar-refractivity contribution is -0.118. The molecule has 0 spiro atoms. The van der Waals surface area contributed by atoms with Gasteiger partial charge in [0.1, 0.15) is 6.04 Å². The number of anilines is 1. The molecule has 29 heavy (non-hydrogen) atoms. The Bertz CT molecular complexity index is 1000. The van der Waals surface area contributed by atoms with Crippen LogP contribution in [0.5, 0.6) is 0 Å². The number of rotatable bonds is 6. The van der Waals surface area contributed by atoms with Crippen molar-refractivity contribution in [2.75, 3.05) is 5.32 Å². The van der Waals surface area contributed by atoms with Crippen molar-refractivity contribution in [3.8, 4) is 0 Å². The minimum absolute atomic E-state index is 0.259. The van der Waals surface area contributed by atoms with E-state index in [0.717, 1.165) is 22.4 Å². The van der Waals surface area contributed by atoms with Crippen LogP contribution in [0.15, 0.2) is 72.8 Å². The van der Waals surface area contributed by atoms with Crippen LogP contribution in [-0.4, -0.2) is 17.9 Å². The fourth-order valence-electron chi connectivity index (χ4n) is 3.01. The molecule has 3 aromatic rings. The van der Waals surface area contributed by atoms with Crippen LogP contribution in [0.3, 0.4) is 0 Å². The number of aryl methyl sites for hydroxylation is 1. The summed E-state index contributed by atoms with van der Waals surface area (Å²) in [6, 6.07) is 21.2. The Hall–Kier alpha value is -3.11. The second-order valence-corrected chi connectivity index (χ2v) is 7.40. The number of hydrogen-bond donors (Lipinski definition) is 2. The molecule has 0 heterocycles. The first-order valence-corrected chi connectivity index (χ1v) is 9.79. The molecule has 0 saturated heterocycles. The number of nitrogens with one attached hydrogen (secondary N) is 2. The van der Waals surface area contributed by atoms with E-state index in [4.69, 9.17) is 11.6 Å². The van der Waals surface area contributed by atoms with Gasteiger partial charge in [-0.05, 0) is 60.9 Å². The van der Waals surface area contributed by atoms with Gasteiger partial charge in [-0.15, -0.1) is 0 Å². The fourth-order valence-corrected chi connectivity index (χ4v) is 3.13. The summed E-state index contributed by atoms with van der Waals surface area (Å²) >= 11 is 5.90. The molecule has 0 fully saturated rings. The molecule has 0 aliphatic heterocycles. The molecule has 0 saturated carbocycles. The van der Waals surface area contributed by atoms with Crippen molar-refractivity contribution in [2.45, 2.75) is 26.3 Å². The zero-order chi connectivity index (χ0) is 20.8. The molecule has 5 heteroatoms. The maximum atomic E-state index is 13.1. The van der Waals surface area contributed by atoms with Crippen LogP contribution >= 0.6 is 11.6 Å². The van der Waals surface area contributed by atoms with E-state index in [1.54, 1.807) is 24.3 Å². The highest BCUT2D eigenvalue weighted by atomic mass is 35.5. The third kappa shape index (κ3) is 5.46. The molecule has 2 N–H and O–H groups in total. The second-order valence-electron chi connectivity index (χ2n) is 6.96. The number of amides is 2. The number of carbonyl (C=O) groups excluding carboxylic acids is 2. The molecular formula is C24H23ClN2O2. The van der Waals surface area contributed by atoms with Crippen LogP contribution in [0.4, 0.5) is 5.69 Å². The molecule has 0 aliphatic carbocycles. The molecule has 3 aromatic carbocycles. The Morgan fingerprint density at radius 1 is 0.897 bits per heavy atom. The van der Waals surface area contributed by atoms with Crippen molar-refractivity contribution < 1.29 is 9.59 Å². The van der Waals surface area contributed by atoms with E-state index in [9.17, 15) is 9.59 Å². The molecule has 2 amide bonds. The Labute approximate surface area is 175 Å². The van der Waals surface area contributed by atoms with E-state index in [1.807, 2.05) is 62.4 Å². The van der Waals surface area contributed by atoms with Crippen molar-refractivity contribution in [1.29, 1.82) is 0 Å². The molecule has 1 atom stereocenters. The highest BCUT2D eigenvalue weighted by Gasteiger charge is 2.22. The molecule has 0 aromatic heterocycles. The molecule has 0 bridgehead atoms. The van der Waals surface area contributed by atoms with E-state index >= 15 is 0 Å². The van der Waals surface area contributed by atoms with Gasteiger partial charge in [0.25, 0.3) is 5.91 Å². The maximum Gasteiger partial charge on any atom is 0.251 e. The number of halogens is 1. The van der Waals surface area contributed by atoms with Crippen LogP contribution in [0.25, 0.3) is 0 Å². The highest BCUT2D eigenvalue weighted by molar-refractivity contribution is 6.30. The zero-order valence-corrected chi connectivity index (χ0v) is 17.2. The summed E-state index contributed by atoms with van der Waals surface area (Å²) in [4.78, 5) is 25.8. The molecule has 4 nitrogen and oxygen atoms in total. The minimum atomic E-state index is -0.722. The molecule has 0 radical (unpaired) electrons. The summed E-state index contributed by atoms with van der Waals surface area (Å²) in [5.41, 5.74) is 4.25. The average molecular weight is 407 g/mol. The van der Waals surface area contributed by atoms with Crippen molar-refractivity contribution >= 4 is 29.1 Å². The lowest BCUT2D eigenvalue weighted by Gasteiger charge is -2.20. The lowest BCUT2D eigenvalue weighted by atomic mass is 10.0. The quantitative estimate of drug-likeness (QED) is 0.609. The van der Waals surface area contributed by atoms with Crippen LogP contribution in [0, 0.1) is 13.8 Å². The standard InChI is InChI=1S/C24H23ClN2O2/c1-16-7-6-10-21(17(16)2)26-24(29)22(15-18-8-4-3-5-9-18)27-23(28)19-11-13-20(25)14-12-19/h3-14,22H,15H2,1-2H3,(H,26,29)(H,27,28). The first kappa shape index (κ1) is 20.6. The van der Waals surface area contributed by atoms with Gasteiger partial charge in [0, 0.05) is 22.7 Å². The van der Waals surface area contributed by atoms with E-state index < -0.39 is 6.04 Å². The molecule has 148 valence electrons. The third-order valence-corrected chi connectivity index (χ3v) is 5.13. The first-order valence-electron chi connectivity index (χ1n) is 9.41. The highest BCUT2D eigenvalue weighted by Crippen LogP contribution is 2.19. The Morgan fingerprint density at radius 3 is 2.28 bits per heavy atom. The topological polar surface area (TPSA) is 58.2 Å². The van der Waals surface area contributed by atoms with E-state index in [0.29, 0.717) is 17.0 Å². The van der Waals surface area contributed by atoms with Crippen LogP contribution < -0.4 is 10.6 Å². The molecular weight excluding hydrogens is 384 g/mol. The zero-order valence-electron chi connectivity index (χ0n) is 16.4. The van der Waals surface area contributed by atoms with Crippen molar-refractivity contribution in [3.05, 3.63) is 100 Å². The summed E-state index contributed by atoms with van der Waals surface area (Å²) in [5, 5.41) is 6.37. The van der Waals surface area contributed by atoms with Gasteiger partial charge in [-0.25, -0.2) is 0 Å². The second kappa shape index (κ2) is 9.39. The van der Waals surface area contributed by atoms with E-state index in [2.05, 4.69) is 10.6 Å². The Kier molecular flexibility index (Phi) is 6.68. The van der Waals surface area contributed by atoms with Gasteiger partial charge in [-0.3, -0.25) is 9.59 Å². The number of benzene rings is 3. The smallest absolute Gasteiger partial charge is 0.251 e. The fraction of sp³-hybridized carbons (Fsp3) is 0.167. The van der Waals surface area contributed by atoms with Crippen LogP contribution in [-0.2, 0) is 11.2 Å². The van der Waals surface area contributed by atoms with Gasteiger partial charge in [0.15, 0.2) is 0 Å². The van der Waals surface area contributed by atoms with Gasteiger partial charge < -0.3 is 10.6 Å². The monoisotopic (exact) mass is 406 g/mol. The predicted molar refractivity (Wildman–Crippen MR) is 117 cm³/mol. The first-order chi connectivity index (χ1) is 13.9. The Balaban J connectivity index is 1.81. The van der Waals surface area contributed by atoms with Crippen molar-refractivity contribution in [1.82, 2.24) is 5.32 Å². The average Bonchev–Trinajstić information content (AvgIpc) is 2.72. The van der Waals surface area contributed by atoms with Gasteiger partial charge in [-0.1, -0.05) is 54.1 Å². The summed E-state index contributed by atoms with van der Waals surface area (Å²) in [7, 11) is 0. The maximum absolute atomic E-state index is 13.1. The molecule has 0 aliphatic rings. The summed E-state index contributed by atoms with van der Waals surface area (Å²) in [5.74, 6) is -0.580. The normalized spacial score (nSPS) is 11.6. The van der Waals surface area contributed by atoms with Gasteiger partial charge in [0.2, 0.25) is 5.91 Å². The van der Waals surface area contributed by atoms with Gasteiger partial charge in [-0.2, -0.15) is 0 Å². The van der Waals surface area contributed by atoms with Crippen LogP contribution in [0.2, 0.25) is 5.02 Å². The SMILES string of the molecule is Cc1cccc(NC(=O)C(Cc2ccccc2)NC(=O)c2ccc(Cl)cc2)c1C. The van der Waals surface area contributed by atoms with Gasteiger partial charge >= 0.3 is 0 Å². The summed E-state index contributed by atoms with van der Waals surface area (Å²) < 4.78 is 0. The predicted octanol–water partition coefficient (Wildman–Crippen LogP) is 4.94. The van der Waals surface area contributed by atoms with Crippen LogP contribution in [0.1, 0.15) is 27.0 Å². The summed E-state index contributed by atoms with van der Waals surface area (Å²) in [6.45, 7) is 3.96. The van der Waals surface area contributed by atoms with E-state index in [1.165, 1.54) is 0 Å². The summed E-state index contributed by atoms with van der Waals surface area (Å²) in [6.07, 6.45) is 0.386. The third-order valence-electron chi connectivity index (χ3n) is 4.87. The van der Waals surface area contributed by atoms with Crippen molar-refractivity contribution in [3.63, 3.8) is 0 Å². The largest absolute Gasteiger partial charge is 0.340 e. The Morgan fingerprint density at radius 2 is 1.59 bits per heavy atom.